The Morgan fingerprint density at radius 1 is 0.905 bits per heavy atom. The zero-order valence-electron chi connectivity index (χ0n) is 12.2. The number of benzene rings is 2. The Bertz CT molecular complexity index is 620. The number of hydrogen-bond acceptors (Lipinski definition) is 0. The van der Waals surface area contributed by atoms with Crippen molar-refractivity contribution in [1.29, 1.82) is 0 Å². The molecule has 0 aliphatic heterocycles. The van der Waals surface area contributed by atoms with Crippen LogP contribution in [0.3, 0.4) is 0 Å². The van der Waals surface area contributed by atoms with Gasteiger partial charge in [-0.25, -0.2) is 0 Å². The first-order valence-corrected chi connectivity index (χ1v) is 12.2. The standard InChI is InChI=1S/C17H20N.2ClH.Ru/c1-15-9-7-8-12-17(15)14-18(2,3)13-16-10-5-4-6-11-16;;;/h1,4-12H,13-14H2,2-3H3;2*1H;/q+1;;;+2/p-2. The van der Waals surface area contributed by atoms with Crippen LogP contribution in [0.1, 0.15) is 16.7 Å². The number of nitrogens with zero attached hydrogens (tertiary/aromatic N) is 1. The molecule has 0 aliphatic rings. The van der Waals surface area contributed by atoms with Crippen LogP contribution in [-0.2, 0) is 26.6 Å². The van der Waals surface area contributed by atoms with Gasteiger partial charge in [0.2, 0.25) is 0 Å². The van der Waals surface area contributed by atoms with E-state index in [1.54, 1.807) is 0 Å². The molecule has 0 unspecified atom stereocenters. The van der Waals surface area contributed by atoms with Crippen molar-refractivity contribution < 1.29 is 18.0 Å². The summed E-state index contributed by atoms with van der Waals surface area (Å²) in [6, 6.07) is 19.0. The van der Waals surface area contributed by atoms with Crippen molar-refractivity contribution in [1.82, 2.24) is 0 Å². The summed E-state index contributed by atoms with van der Waals surface area (Å²) in [5, 5.41) is 0. The van der Waals surface area contributed by atoms with E-state index in [4.69, 9.17) is 19.4 Å². The van der Waals surface area contributed by atoms with Crippen LogP contribution >= 0.6 is 19.4 Å². The molecule has 2 rings (SSSR count). The molecular formula is C17H20Cl2NRu+. The van der Waals surface area contributed by atoms with Gasteiger partial charge in [0.1, 0.15) is 0 Å². The Balaban J connectivity index is 2.19. The molecule has 0 spiro atoms. The summed E-state index contributed by atoms with van der Waals surface area (Å²) >= 11 is -1.79. The Kier molecular flexibility index (Phi) is 6.13. The molecule has 0 radical (unpaired) electrons. The number of hydrogen-bond donors (Lipinski definition) is 0. The van der Waals surface area contributed by atoms with Gasteiger partial charge >= 0.3 is 140 Å². The van der Waals surface area contributed by atoms with Gasteiger partial charge in [-0.05, 0) is 0 Å². The van der Waals surface area contributed by atoms with Crippen molar-refractivity contribution >= 4 is 24.0 Å². The minimum absolute atomic E-state index is 0.895. The van der Waals surface area contributed by atoms with Gasteiger partial charge in [0.25, 0.3) is 0 Å². The summed E-state index contributed by atoms with van der Waals surface area (Å²) in [5.74, 6) is 0. The summed E-state index contributed by atoms with van der Waals surface area (Å²) in [6.45, 7) is 1.95. The minimum atomic E-state index is -1.79. The van der Waals surface area contributed by atoms with E-state index >= 15 is 0 Å². The molecule has 0 atom stereocenters. The van der Waals surface area contributed by atoms with Crippen molar-refractivity contribution in [3.05, 3.63) is 71.3 Å². The Labute approximate surface area is 140 Å². The first-order valence-electron chi connectivity index (χ1n) is 6.73. The predicted octanol–water partition coefficient (Wildman–Crippen LogP) is 4.54. The normalized spacial score (nSPS) is 12.1. The van der Waals surface area contributed by atoms with Crippen molar-refractivity contribution in [2.45, 2.75) is 13.1 Å². The summed E-state index contributed by atoms with van der Waals surface area (Å²) in [4.78, 5) is 0. The molecule has 0 aromatic heterocycles. The van der Waals surface area contributed by atoms with Gasteiger partial charge in [-0.3, -0.25) is 0 Å². The molecule has 0 fully saturated rings. The Hall–Kier alpha value is -0.527. The monoisotopic (exact) mass is 410 g/mol. The topological polar surface area (TPSA) is 0 Å². The molecule has 2 aromatic rings. The predicted molar refractivity (Wildman–Crippen MR) is 89.3 cm³/mol. The van der Waals surface area contributed by atoms with E-state index in [0.717, 1.165) is 17.6 Å². The van der Waals surface area contributed by atoms with Crippen molar-refractivity contribution in [3.63, 3.8) is 0 Å². The average molecular weight is 410 g/mol. The van der Waals surface area contributed by atoms with Gasteiger partial charge in [-0.1, -0.05) is 0 Å². The molecule has 0 bridgehead atoms. The van der Waals surface area contributed by atoms with Gasteiger partial charge in [-0.2, -0.15) is 0 Å². The van der Waals surface area contributed by atoms with E-state index in [1.807, 2.05) is 10.7 Å². The second-order valence-corrected chi connectivity index (χ2v) is 11.5. The van der Waals surface area contributed by atoms with Crippen LogP contribution in [0.2, 0.25) is 0 Å². The van der Waals surface area contributed by atoms with Crippen molar-refractivity contribution in [2.24, 2.45) is 0 Å². The van der Waals surface area contributed by atoms with Crippen LogP contribution in [-0.4, -0.2) is 23.2 Å². The Morgan fingerprint density at radius 2 is 1.52 bits per heavy atom. The maximum atomic E-state index is 6.03. The van der Waals surface area contributed by atoms with Crippen LogP contribution < -0.4 is 0 Å². The third kappa shape index (κ3) is 5.64. The van der Waals surface area contributed by atoms with Gasteiger partial charge in [0, 0.05) is 0 Å². The summed E-state index contributed by atoms with van der Waals surface area (Å²) in [7, 11) is 16.6. The summed E-state index contributed by atoms with van der Waals surface area (Å²) in [5.41, 5.74) is 3.84. The second kappa shape index (κ2) is 7.65. The number of halogens is 2. The van der Waals surface area contributed by atoms with E-state index in [-0.39, 0.29) is 0 Å². The van der Waals surface area contributed by atoms with Gasteiger partial charge in [0.05, 0.1) is 0 Å². The molecule has 0 aliphatic carbocycles. The first-order chi connectivity index (χ1) is 9.96. The zero-order chi connectivity index (χ0) is 15.3. The quantitative estimate of drug-likeness (QED) is 0.502. The van der Waals surface area contributed by atoms with Crippen LogP contribution in [0.15, 0.2) is 54.6 Å². The fraction of sp³-hybridized carbons (Fsp3) is 0.235. The molecule has 1 nitrogen and oxygen atoms in total. The molecule has 0 N–H and O–H groups in total. The van der Waals surface area contributed by atoms with Crippen LogP contribution in [0, 0.1) is 0 Å². The van der Waals surface area contributed by atoms with Crippen molar-refractivity contribution in [2.75, 3.05) is 14.1 Å². The molecule has 0 saturated heterocycles. The summed E-state index contributed by atoms with van der Waals surface area (Å²) < 4.78 is 2.93. The molecule has 2 aromatic carbocycles. The molecule has 4 heteroatoms. The average Bonchev–Trinajstić information content (AvgIpc) is 2.41. The molecular weight excluding hydrogens is 390 g/mol. The molecule has 0 amide bonds. The van der Waals surface area contributed by atoms with Crippen LogP contribution in [0.5, 0.6) is 0 Å². The number of quaternary nitrogens is 1. The molecule has 114 valence electrons. The van der Waals surface area contributed by atoms with E-state index in [1.165, 1.54) is 16.7 Å². The maximum absolute atomic E-state index is 6.03. The molecule has 0 saturated carbocycles. The zero-order valence-corrected chi connectivity index (χ0v) is 15.5. The third-order valence-electron chi connectivity index (χ3n) is 3.29. The van der Waals surface area contributed by atoms with E-state index in [9.17, 15) is 0 Å². The SMILES string of the molecule is C[N+](C)(Cc1ccccc1)Cc1ccccc1[CH]=[Ru]([Cl])[Cl]. The van der Waals surface area contributed by atoms with Gasteiger partial charge in [-0.15, -0.1) is 0 Å². The van der Waals surface area contributed by atoms with Crippen LogP contribution in [0.25, 0.3) is 0 Å². The van der Waals surface area contributed by atoms with Crippen LogP contribution in [0.4, 0.5) is 0 Å². The first kappa shape index (κ1) is 16.8. The molecule has 21 heavy (non-hydrogen) atoms. The van der Waals surface area contributed by atoms with E-state index < -0.39 is 13.5 Å². The number of rotatable bonds is 5. The third-order valence-corrected chi connectivity index (χ3v) is 5.13. The second-order valence-electron chi connectivity index (χ2n) is 5.74. The van der Waals surface area contributed by atoms with E-state index in [2.05, 4.69) is 62.6 Å². The molecule has 0 heterocycles. The van der Waals surface area contributed by atoms with Gasteiger partial charge in [0.15, 0.2) is 0 Å². The van der Waals surface area contributed by atoms with E-state index in [0.29, 0.717) is 0 Å². The fourth-order valence-corrected chi connectivity index (χ4v) is 4.34. The van der Waals surface area contributed by atoms with Gasteiger partial charge < -0.3 is 0 Å². The summed E-state index contributed by atoms with van der Waals surface area (Å²) in [6.07, 6.45) is 0. The van der Waals surface area contributed by atoms with Crippen molar-refractivity contribution in [3.8, 4) is 0 Å². The fourth-order valence-electron chi connectivity index (χ4n) is 2.46. The Morgan fingerprint density at radius 3 is 2.19 bits per heavy atom.